The number of carbonyl (C=O) groups excluding carboxylic acids is 3. The lowest BCUT2D eigenvalue weighted by atomic mass is 10.0. The Balaban J connectivity index is 1.69. The smallest absolute Gasteiger partial charge is 0.355 e. The number of ether oxygens (including phenoxy) is 2. The molecule has 1 saturated heterocycles. The number of β-lactam (4-membered cyclic amide) rings is 1. The van der Waals surface area contributed by atoms with Crippen molar-refractivity contribution < 1.29 is 23.9 Å². The van der Waals surface area contributed by atoms with Crippen LogP contribution < -0.4 is 10.1 Å². The molecule has 0 aliphatic carbocycles. The molecule has 31 heavy (non-hydrogen) atoms. The average molecular weight is 571 g/mol. The molecule has 2 heterocycles. The maximum absolute atomic E-state index is 12.8. The summed E-state index contributed by atoms with van der Waals surface area (Å²) < 4.78 is 8.69. The Morgan fingerprint density at radius 3 is 2.58 bits per heavy atom. The zero-order chi connectivity index (χ0) is 22.8. The summed E-state index contributed by atoms with van der Waals surface area (Å²) in [6.45, 7) is 0.950. The number of fused-ring (bicyclic) bond motifs is 1. The maximum Gasteiger partial charge on any atom is 0.355 e. The molecule has 1 aromatic carbocycles. The Kier molecular flexibility index (Phi) is 7.86. The predicted molar refractivity (Wildman–Crippen MR) is 123 cm³/mol. The predicted octanol–water partition coefficient (Wildman–Crippen LogP) is 3.89. The van der Waals surface area contributed by atoms with Gasteiger partial charge in [0.25, 0.3) is 11.8 Å². The second-order valence-corrected chi connectivity index (χ2v) is 10.6. The van der Waals surface area contributed by atoms with Gasteiger partial charge < -0.3 is 14.8 Å². The van der Waals surface area contributed by atoms with Crippen molar-refractivity contribution in [3.8, 4) is 5.75 Å². The normalized spacial score (nSPS) is 22.0. The van der Waals surface area contributed by atoms with Crippen LogP contribution in [0.1, 0.15) is 6.92 Å². The molecule has 1 aromatic rings. The van der Waals surface area contributed by atoms with E-state index < -0.39 is 39.6 Å². The van der Waals surface area contributed by atoms with Crippen molar-refractivity contribution >= 4 is 80.3 Å². The third-order valence-corrected chi connectivity index (χ3v) is 6.84. The van der Waals surface area contributed by atoms with Gasteiger partial charge in [-0.2, -0.15) is 0 Å². The second-order valence-electron chi connectivity index (χ2n) is 6.50. The Hall–Kier alpha value is -1.39. The number of allylic oxidation sites excluding steroid dienone is 1. The number of nitrogens with zero attached hydrogens (tertiary/aromatic N) is 1. The zero-order valence-electron chi connectivity index (χ0n) is 15.9. The number of esters is 1. The quantitative estimate of drug-likeness (QED) is 0.318. The van der Waals surface area contributed by atoms with Crippen LogP contribution in [0.2, 0.25) is 0 Å². The summed E-state index contributed by atoms with van der Waals surface area (Å²) in [5.41, 5.74) is 0.567. The highest BCUT2D eigenvalue weighted by Crippen LogP contribution is 2.47. The molecule has 0 radical (unpaired) electrons. The molecule has 2 atom stereocenters. The molecule has 1 N–H and O–H groups in total. The monoisotopic (exact) mass is 568 g/mol. The molecule has 7 nitrogen and oxygen atoms in total. The van der Waals surface area contributed by atoms with E-state index in [-0.39, 0.29) is 12.3 Å². The van der Waals surface area contributed by atoms with Crippen LogP contribution in [0.15, 0.2) is 51.5 Å². The molecule has 0 saturated carbocycles. The van der Waals surface area contributed by atoms with Gasteiger partial charge in [0.2, 0.25) is 3.79 Å². The van der Waals surface area contributed by atoms with E-state index in [1.807, 2.05) is 6.07 Å². The highest BCUT2D eigenvalue weighted by atomic mass is 79.9. The first-order chi connectivity index (χ1) is 14.6. The number of halogens is 4. The van der Waals surface area contributed by atoms with E-state index >= 15 is 0 Å². The Morgan fingerprint density at radius 2 is 1.97 bits per heavy atom. The lowest BCUT2D eigenvalue weighted by Crippen LogP contribution is -2.70. The topological polar surface area (TPSA) is 84.9 Å². The van der Waals surface area contributed by atoms with Gasteiger partial charge >= 0.3 is 5.97 Å². The first-order valence-corrected chi connectivity index (χ1v) is 11.8. The number of amides is 2. The fraction of sp³-hybridized carbons (Fsp3) is 0.316. The molecule has 0 aromatic heterocycles. The molecule has 0 bridgehead atoms. The number of benzene rings is 1. The number of nitrogens with one attached hydrogen (secondary N) is 1. The number of para-hydroxylation sites is 1. The van der Waals surface area contributed by atoms with Gasteiger partial charge in [-0.3, -0.25) is 14.5 Å². The van der Waals surface area contributed by atoms with Crippen molar-refractivity contribution in [2.24, 2.45) is 0 Å². The summed E-state index contributed by atoms with van der Waals surface area (Å²) in [6, 6.07) is 8.00. The van der Waals surface area contributed by atoms with Gasteiger partial charge in [-0.15, -0.1) is 0 Å². The SMILES string of the molecule is CC1=C(C(=O)OCC(Cl)(Cl)Cl)N2C(=O)C(NC(=O)COc3ccccc3)[C@@H]2SC1=CBr. The molecular formula is C19H16BrCl3N2O5S. The number of thioether (sulfide) groups is 1. The summed E-state index contributed by atoms with van der Waals surface area (Å²) in [4.78, 5) is 41.3. The third-order valence-electron chi connectivity index (χ3n) is 4.35. The summed E-state index contributed by atoms with van der Waals surface area (Å²) in [5, 5.41) is 2.12. The standard InChI is InChI=1S/C19H16BrCl3N2O5S/c1-10-12(7-20)31-17-14(24-13(26)8-29-11-5-3-2-4-6-11)16(27)25(17)15(10)18(28)30-9-19(21,22)23/h2-7,14,17H,8-9H2,1H3,(H,24,26)/t14?,17-/m0/s1. The van der Waals surface area contributed by atoms with E-state index in [9.17, 15) is 14.4 Å². The number of alkyl halides is 3. The van der Waals surface area contributed by atoms with Crippen LogP contribution in [0.5, 0.6) is 5.75 Å². The molecule has 2 aliphatic rings. The van der Waals surface area contributed by atoms with E-state index in [0.29, 0.717) is 16.2 Å². The summed E-state index contributed by atoms with van der Waals surface area (Å²) in [5.74, 6) is -1.17. The van der Waals surface area contributed by atoms with Crippen molar-refractivity contribution in [2.45, 2.75) is 22.1 Å². The van der Waals surface area contributed by atoms with Crippen LogP contribution in [0.4, 0.5) is 0 Å². The Labute approximate surface area is 206 Å². The van der Waals surface area contributed by atoms with Crippen LogP contribution >= 0.6 is 62.5 Å². The Bertz CT molecular complexity index is 952. The van der Waals surface area contributed by atoms with E-state index in [4.69, 9.17) is 44.3 Å². The van der Waals surface area contributed by atoms with Gasteiger partial charge in [0.1, 0.15) is 29.5 Å². The highest BCUT2D eigenvalue weighted by molar-refractivity contribution is 9.11. The van der Waals surface area contributed by atoms with Crippen molar-refractivity contribution in [1.82, 2.24) is 10.2 Å². The molecular weight excluding hydrogens is 555 g/mol. The Morgan fingerprint density at radius 1 is 1.29 bits per heavy atom. The number of rotatable bonds is 6. The molecule has 166 valence electrons. The first-order valence-electron chi connectivity index (χ1n) is 8.85. The minimum absolute atomic E-state index is 0.0414. The van der Waals surface area contributed by atoms with E-state index in [1.54, 1.807) is 36.2 Å². The third kappa shape index (κ3) is 5.70. The summed E-state index contributed by atoms with van der Waals surface area (Å²) in [6.07, 6.45) is 0. The van der Waals surface area contributed by atoms with Gasteiger partial charge in [-0.25, -0.2) is 4.79 Å². The summed E-state index contributed by atoms with van der Waals surface area (Å²) in [7, 11) is 0. The van der Waals surface area contributed by atoms with Crippen LogP contribution in [0, 0.1) is 0 Å². The zero-order valence-corrected chi connectivity index (χ0v) is 20.6. The van der Waals surface area contributed by atoms with Gasteiger partial charge in [0, 0.05) is 4.91 Å². The highest BCUT2D eigenvalue weighted by Gasteiger charge is 2.55. The van der Waals surface area contributed by atoms with Gasteiger partial charge in [-0.1, -0.05) is 80.7 Å². The van der Waals surface area contributed by atoms with E-state index in [2.05, 4.69) is 21.2 Å². The van der Waals surface area contributed by atoms with Crippen LogP contribution in [-0.2, 0) is 19.1 Å². The average Bonchev–Trinajstić information content (AvgIpc) is 2.74. The minimum atomic E-state index is -1.78. The second kappa shape index (κ2) is 10.0. The van der Waals surface area contributed by atoms with Gasteiger partial charge in [-0.05, 0) is 29.6 Å². The number of hydrogen-bond donors (Lipinski definition) is 1. The molecule has 3 rings (SSSR count). The molecule has 12 heteroatoms. The molecule has 1 unspecified atom stereocenters. The van der Waals surface area contributed by atoms with E-state index in [1.165, 1.54) is 16.7 Å². The minimum Gasteiger partial charge on any atom is -0.484 e. The molecule has 1 fully saturated rings. The van der Waals surface area contributed by atoms with Crippen LogP contribution in [0.25, 0.3) is 0 Å². The number of carbonyl (C=O) groups is 3. The lowest BCUT2D eigenvalue weighted by Gasteiger charge is -2.49. The molecule has 2 aliphatic heterocycles. The van der Waals surface area contributed by atoms with Crippen LogP contribution in [0.3, 0.4) is 0 Å². The maximum atomic E-state index is 12.8. The van der Waals surface area contributed by atoms with Gasteiger partial charge in [0.05, 0.1) is 0 Å². The van der Waals surface area contributed by atoms with Crippen molar-refractivity contribution in [3.05, 3.63) is 51.5 Å². The van der Waals surface area contributed by atoms with Crippen molar-refractivity contribution in [3.63, 3.8) is 0 Å². The molecule has 2 amide bonds. The largest absolute Gasteiger partial charge is 0.484 e. The number of hydrogen-bond acceptors (Lipinski definition) is 6. The van der Waals surface area contributed by atoms with Crippen molar-refractivity contribution in [1.29, 1.82) is 0 Å². The molecule has 0 spiro atoms. The fourth-order valence-electron chi connectivity index (χ4n) is 2.93. The van der Waals surface area contributed by atoms with Gasteiger partial charge in [0.15, 0.2) is 6.61 Å². The summed E-state index contributed by atoms with van der Waals surface area (Å²) >= 11 is 21.5. The van der Waals surface area contributed by atoms with E-state index in [0.717, 1.165) is 0 Å². The fourth-order valence-corrected chi connectivity index (χ4v) is 4.98. The first kappa shape index (κ1) is 24.3. The van der Waals surface area contributed by atoms with Crippen molar-refractivity contribution in [2.75, 3.05) is 13.2 Å². The van der Waals surface area contributed by atoms with Crippen LogP contribution in [-0.4, -0.2) is 51.1 Å². The lowest BCUT2D eigenvalue weighted by molar-refractivity contribution is -0.153.